The van der Waals surface area contributed by atoms with E-state index in [1.54, 1.807) is 30.3 Å². The summed E-state index contributed by atoms with van der Waals surface area (Å²) in [6, 6.07) is 14.3. The molecule has 3 aromatic rings. The first-order chi connectivity index (χ1) is 11.9. The van der Waals surface area contributed by atoms with E-state index >= 15 is 0 Å². The Bertz CT molecular complexity index is 969. The number of halogens is 1. The number of rotatable bonds is 6. The summed E-state index contributed by atoms with van der Waals surface area (Å²) >= 11 is 5.84. The van der Waals surface area contributed by atoms with Crippen molar-refractivity contribution in [1.29, 1.82) is 0 Å². The van der Waals surface area contributed by atoms with Gasteiger partial charge in [-0.3, -0.25) is 0 Å². The summed E-state index contributed by atoms with van der Waals surface area (Å²) in [6.07, 6.45) is 0. The molecule has 6 nitrogen and oxygen atoms in total. The van der Waals surface area contributed by atoms with Gasteiger partial charge in [0.05, 0.1) is 12.3 Å². The summed E-state index contributed by atoms with van der Waals surface area (Å²) in [5.41, 5.74) is 2.45. The smallest absolute Gasteiger partial charge is 0.247 e. The standard InChI is InChI=1S/C17H16ClN3O3S/c1-12-3-2-4-13(9-12)11-25(22,23)19-10-16-20-21-17(24-16)14-5-7-15(18)8-6-14/h2-9,19H,10-11H2,1H3. The lowest BCUT2D eigenvalue weighted by molar-refractivity contribution is 0.494. The van der Waals surface area contributed by atoms with E-state index in [0.717, 1.165) is 11.1 Å². The molecule has 0 bridgehead atoms. The molecule has 8 heteroatoms. The second-order valence-corrected chi connectivity index (χ2v) is 7.82. The zero-order valence-electron chi connectivity index (χ0n) is 13.4. The highest BCUT2D eigenvalue weighted by Gasteiger charge is 2.14. The van der Waals surface area contributed by atoms with Crippen LogP contribution in [0.1, 0.15) is 17.0 Å². The van der Waals surface area contributed by atoms with Crippen molar-refractivity contribution in [1.82, 2.24) is 14.9 Å². The maximum absolute atomic E-state index is 12.2. The Kier molecular flexibility index (Phi) is 5.17. The van der Waals surface area contributed by atoms with Crippen LogP contribution in [0.15, 0.2) is 52.9 Å². The molecule has 0 atom stereocenters. The third-order valence-corrected chi connectivity index (χ3v) is 4.99. The van der Waals surface area contributed by atoms with Crippen molar-refractivity contribution in [3.8, 4) is 11.5 Å². The number of sulfonamides is 1. The molecule has 3 rings (SSSR count). The van der Waals surface area contributed by atoms with E-state index in [-0.39, 0.29) is 18.2 Å². The monoisotopic (exact) mass is 377 g/mol. The lowest BCUT2D eigenvalue weighted by Gasteiger charge is -2.05. The highest BCUT2D eigenvalue weighted by atomic mass is 35.5. The van der Waals surface area contributed by atoms with E-state index in [1.165, 1.54) is 0 Å². The van der Waals surface area contributed by atoms with Gasteiger partial charge in [0.15, 0.2) is 0 Å². The summed E-state index contributed by atoms with van der Waals surface area (Å²) in [7, 11) is -3.51. The molecular formula is C17H16ClN3O3S. The fourth-order valence-corrected chi connectivity index (χ4v) is 3.47. The van der Waals surface area contributed by atoms with Crippen LogP contribution in [-0.2, 0) is 22.3 Å². The van der Waals surface area contributed by atoms with Gasteiger partial charge in [-0.05, 0) is 36.8 Å². The van der Waals surface area contributed by atoms with Crippen molar-refractivity contribution >= 4 is 21.6 Å². The third-order valence-electron chi connectivity index (χ3n) is 3.44. The number of nitrogens with one attached hydrogen (secondary N) is 1. The van der Waals surface area contributed by atoms with Crippen LogP contribution < -0.4 is 4.72 Å². The summed E-state index contributed by atoms with van der Waals surface area (Å²) < 4.78 is 32.3. The van der Waals surface area contributed by atoms with Gasteiger partial charge in [-0.1, -0.05) is 41.4 Å². The second-order valence-electron chi connectivity index (χ2n) is 5.58. The van der Waals surface area contributed by atoms with Crippen molar-refractivity contribution in [2.45, 2.75) is 19.2 Å². The largest absolute Gasteiger partial charge is 0.419 e. The van der Waals surface area contributed by atoms with Crippen LogP contribution in [0.4, 0.5) is 0 Å². The van der Waals surface area contributed by atoms with E-state index in [2.05, 4.69) is 14.9 Å². The molecule has 1 N–H and O–H groups in total. The van der Waals surface area contributed by atoms with Gasteiger partial charge in [-0.15, -0.1) is 10.2 Å². The molecule has 0 saturated carbocycles. The van der Waals surface area contributed by atoms with E-state index in [9.17, 15) is 8.42 Å². The molecule has 0 saturated heterocycles. The first kappa shape index (κ1) is 17.6. The number of aromatic nitrogens is 2. The molecule has 1 heterocycles. The van der Waals surface area contributed by atoms with Gasteiger partial charge in [0, 0.05) is 10.6 Å². The Hall–Kier alpha value is -2.22. The van der Waals surface area contributed by atoms with Crippen molar-refractivity contribution in [3.63, 3.8) is 0 Å². The predicted octanol–water partition coefficient (Wildman–Crippen LogP) is 3.32. The van der Waals surface area contributed by atoms with Gasteiger partial charge >= 0.3 is 0 Å². The van der Waals surface area contributed by atoms with Crippen LogP contribution in [0, 0.1) is 6.92 Å². The molecule has 0 aliphatic rings. The Labute approximate surface area is 150 Å². The first-order valence-electron chi connectivity index (χ1n) is 7.52. The molecule has 0 aliphatic heterocycles. The maximum atomic E-state index is 12.2. The minimum absolute atomic E-state index is 0.0608. The predicted molar refractivity (Wildman–Crippen MR) is 95.4 cm³/mol. The molecule has 1 aromatic heterocycles. The van der Waals surface area contributed by atoms with Gasteiger partial charge in [0.1, 0.15) is 0 Å². The highest BCUT2D eigenvalue weighted by Crippen LogP contribution is 2.20. The Balaban J connectivity index is 1.64. The van der Waals surface area contributed by atoms with Crippen LogP contribution >= 0.6 is 11.6 Å². The molecule has 0 unspecified atom stereocenters. The summed E-state index contributed by atoms with van der Waals surface area (Å²) in [4.78, 5) is 0. The normalized spacial score (nSPS) is 11.6. The lowest BCUT2D eigenvalue weighted by atomic mass is 10.2. The van der Waals surface area contributed by atoms with Gasteiger partial charge in [-0.2, -0.15) is 0 Å². The average molecular weight is 378 g/mol. The van der Waals surface area contributed by atoms with E-state index in [0.29, 0.717) is 16.5 Å². The Morgan fingerprint density at radius 1 is 1.12 bits per heavy atom. The van der Waals surface area contributed by atoms with Gasteiger partial charge in [0.25, 0.3) is 0 Å². The van der Waals surface area contributed by atoms with E-state index in [4.69, 9.17) is 16.0 Å². The molecule has 25 heavy (non-hydrogen) atoms. The van der Waals surface area contributed by atoms with Gasteiger partial charge < -0.3 is 4.42 Å². The van der Waals surface area contributed by atoms with Crippen molar-refractivity contribution in [2.24, 2.45) is 0 Å². The van der Waals surface area contributed by atoms with Crippen LogP contribution in [0.5, 0.6) is 0 Å². The Morgan fingerprint density at radius 2 is 1.88 bits per heavy atom. The highest BCUT2D eigenvalue weighted by molar-refractivity contribution is 7.88. The third kappa shape index (κ3) is 4.88. The van der Waals surface area contributed by atoms with Crippen LogP contribution in [-0.4, -0.2) is 18.6 Å². The molecule has 0 aliphatic carbocycles. The number of aryl methyl sites for hydroxylation is 1. The van der Waals surface area contributed by atoms with Crippen molar-refractivity contribution in [3.05, 3.63) is 70.6 Å². The van der Waals surface area contributed by atoms with Gasteiger partial charge in [-0.25, -0.2) is 13.1 Å². The molecule has 0 fully saturated rings. The number of hydrogen-bond acceptors (Lipinski definition) is 5. The number of hydrogen-bond donors (Lipinski definition) is 1. The maximum Gasteiger partial charge on any atom is 0.247 e. The molecular weight excluding hydrogens is 362 g/mol. The minimum Gasteiger partial charge on any atom is -0.419 e. The first-order valence-corrected chi connectivity index (χ1v) is 9.55. The molecule has 0 amide bonds. The van der Waals surface area contributed by atoms with Crippen molar-refractivity contribution < 1.29 is 12.8 Å². The van der Waals surface area contributed by atoms with E-state index < -0.39 is 10.0 Å². The molecule has 0 radical (unpaired) electrons. The van der Waals surface area contributed by atoms with Crippen molar-refractivity contribution in [2.75, 3.05) is 0 Å². The fraction of sp³-hybridized carbons (Fsp3) is 0.176. The number of benzene rings is 2. The molecule has 2 aromatic carbocycles. The van der Waals surface area contributed by atoms with Crippen LogP contribution in [0.2, 0.25) is 5.02 Å². The molecule has 130 valence electrons. The summed E-state index contributed by atoms with van der Waals surface area (Å²) in [5, 5.41) is 8.38. The second kappa shape index (κ2) is 7.35. The molecule has 0 spiro atoms. The quantitative estimate of drug-likeness (QED) is 0.712. The Morgan fingerprint density at radius 3 is 2.60 bits per heavy atom. The zero-order valence-corrected chi connectivity index (χ0v) is 15.0. The number of nitrogens with zero attached hydrogens (tertiary/aromatic N) is 2. The topological polar surface area (TPSA) is 85.1 Å². The average Bonchev–Trinajstić information content (AvgIpc) is 3.02. The fourth-order valence-electron chi connectivity index (χ4n) is 2.28. The zero-order chi connectivity index (χ0) is 17.9. The summed E-state index contributed by atoms with van der Waals surface area (Å²) in [6.45, 7) is 1.86. The summed E-state index contributed by atoms with van der Waals surface area (Å²) in [5.74, 6) is 0.398. The SMILES string of the molecule is Cc1cccc(CS(=O)(=O)NCc2nnc(-c3ccc(Cl)cc3)o2)c1. The van der Waals surface area contributed by atoms with Gasteiger partial charge in [0.2, 0.25) is 21.8 Å². The van der Waals surface area contributed by atoms with Crippen LogP contribution in [0.25, 0.3) is 11.5 Å². The lowest BCUT2D eigenvalue weighted by Crippen LogP contribution is -2.24. The van der Waals surface area contributed by atoms with Crippen LogP contribution in [0.3, 0.4) is 0 Å². The van der Waals surface area contributed by atoms with E-state index in [1.807, 2.05) is 25.1 Å². The minimum atomic E-state index is -3.51.